The molecule has 2 aliphatic heterocycles. The number of rotatable bonds is 1. The quantitative estimate of drug-likeness (QED) is 0.513. The molecule has 1 radical (unpaired) electrons. The maximum Gasteiger partial charge on any atom is 0.464 e. The summed E-state index contributed by atoms with van der Waals surface area (Å²) in [7, 11) is 0.967. The first-order valence-corrected chi connectivity index (χ1v) is 10.2. The largest absolute Gasteiger partial charge is 0.471 e. The Hall–Kier alpha value is -3.21. The van der Waals surface area contributed by atoms with Gasteiger partial charge < -0.3 is 14.4 Å². The lowest BCUT2D eigenvalue weighted by atomic mass is 9.61. The zero-order chi connectivity index (χ0) is 19.9. The normalized spacial score (nSPS) is 14.1. The van der Waals surface area contributed by atoms with E-state index in [0.29, 0.717) is 0 Å². The Morgan fingerprint density at radius 1 is 0.633 bits per heavy atom. The molecule has 2 aliphatic rings. The predicted octanol–water partition coefficient (Wildman–Crippen LogP) is 2.83. The SMILES string of the molecule is [B]1OB(c2ccccc2)OB2Nc3c(cccc3-c3ccccc32)-c2ccccc21. The van der Waals surface area contributed by atoms with Crippen molar-refractivity contribution >= 4 is 43.7 Å². The van der Waals surface area contributed by atoms with E-state index in [9.17, 15) is 0 Å². The Bertz CT molecular complexity index is 1230. The zero-order valence-electron chi connectivity index (χ0n) is 16.3. The predicted molar refractivity (Wildman–Crippen MR) is 126 cm³/mol. The fraction of sp³-hybridized carbons (Fsp3) is 0. The van der Waals surface area contributed by atoms with Gasteiger partial charge in [0, 0.05) is 16.8 Å². The summed E-state index contributed by atoms with van der Waals surface area (Å²) in [4.78, 5) is 0. The lowest BCUT2D eigenvalue weighted by Crippen LogP contribution is -2.54. The smallest absolute Gasteiger partial charge is 0.464 e. The van der Waals surface area contributed by atoms with E-state index in [1.807, 2.05) is 43.9 Å². The van der Waals surface area contributed by atoms with Crippen molar-refractivity contribution in [3.63, 3.8) is 0 Å². The van der Waals surface area contributed by atoms with Gasteiger partial charge >= 0.3 is 21.7 Å². The summed E-state index contributed by atoms with van der Waals surface area (Å²) < 4.78 is 12.8. The standard InChI is InChI=1S/C24H17B3NO2/c1-2-9-17(10-3-1)27-29-25-22-15-6-4-11-18(22)20-13-8-14-21-19-12-5-7-16-23(19)26(30-27)28-24(20)21/h1-16,28H. The minimum Gasteiger partial charge on any atom is -0.471 e. The van der Waals surface area contributed by atoms with Crippen LogP contribution in [0.15, 0.2) is 97.1 Å². The van der Waals surface area contributed by atoms with Crippen molar-refractivity contribution in [3.05, 3.63) is 97.1 Å². The fourth-order valence-corrected chi connectivity index (χ4v) is 4.35. The summed E-state index contributed by atoms with van der Waals surface area (Å²) in [6.07, 6.45) is 0. The van der Waals surface area contributed by atoms with Crippen LogP contribution in [0.5, 0.6) is 0 Å². The van der Waals surface area contributed by atoms with E-state index in [2.05, 4.69) is 65.9 Å². The van der Waals surface area contributed by atoms with Gasteiger partial charge in [0.05, 0.1) is 0 Å². The van der Waals surface area contributed by atoms with E-state index in [1.165, 1.54) is 11.1 Å². The monoisotopic (exact) mass is 384 g/mol. The van der Waals surface area contributed by atoms with Gasteiger partial charge in [-0.05, 0) is 27.5 Å². The molecule has 2 bridgehead atoms. The summed E-state index contributed by atoms with van der Waals surface area (Å²) in [5, 5.41) is 3.67. The molecule has 0 unspecified atom stereocenters. The number of benzene rings is 4. The van der Waals surface area contributed by atoms with Crippen LogP contribution in [0.4, 0.5) is 5.69 Å². The third-order valence-electron chi connectivity index (χ3n) is 5.77. The van der Waals surface area contributed by atoms with Crippen LogP contribution in [-0.4, -0.2) is 21.7 Å². The van der Waals surface area contributed by atoms with Gasteiger partial charge in [-0.2, -0.15) is 0 Å². The molecule has 0 amide bonds. The fourth-order valence-electron chi connectivity index (χ4n) is 4.35. The van der Waals surface area contributed by atoms with Crippen LogP contribution in [0.2, 0.25) is 0 Å². The van der Waals surface area contributed by atoms with E-state index in [4.69, 9.17) is 9.14 Å². The second-order valence-electron chi connectivity index (χ2n) is 7.56. The van der Waals surface area contributed by atoms with Gasteiger partial charge in [-0.15, -0.1) is 0 Å². The first kappa shape index (κ1) is 17.6. The molecule has 4 aromatic rings. The molecule has 0 aliphatic carbocycles. The highest BCUT2D eigenvalue weighted by atomic mass is 16.6. The molecule has 4 aromatic carbocycles. The minimum absolute atomic E-state index is 0.321. The van der Waals surface area contributed by atoms with E-state index in [0.717, 1.165) is 33.2 Å². The highest BCUT2D eigenvalue weighted by molar-refractivity contribution is 6.83. The molecule has 1 N–H and O–H groups in total. The summed E-state index contributed by atoms with van der Waals surface area (Å²) in [5.74, 6) is 0. The van der Waals surface area contributed by atoms with E-state index in [-0.39, 0.29) is 7.05 Å². The second kappa shape index (κ2) is 7.24. The number of hydrogen-bond acceptors (Lipinski definition) is 3. The lowest BCUT2D eigenvalue weighted by molar-refractivity contribution is 0.470. The Balaban J connectivity index is 1.58. The topological polar surface area (TPSA) is 30.5 Å². The van der Waals surface area contributed by atoms with Crippen LogP contribution in [0.1, 0.15) is 0 Å². The van der Waals surface area contributed by atoms with Crippen LogP contribution in [0.3, 0.4) is 0 Å². The molecule has 0 saturated heterocycles. The Morgan fingerprint density at radius 2 is 1.30 bits per heavy atom. The van der Waals surface area contributed by atoms with Crippen molar-refractivity contribution in [2.75, 3.05) is 5.23 Å². The average Bonchev–Trinajstić information content (AvgIpc) is 2.82. The van der Waals surface area contributed by atoms with Crippen LogP contribution in [0.25, 0.3) is 22.3 Å². The number of anilines is 1. The third kappa shape index (κ3) is 2.88. The summed E-state index contributed by atoms with van der Waals surface area (Å²) in [6, 6.07) is 33.2. The van der Waals surface area contributed by atoms with Crippen molar-refractivity contribution in [1.82, 2.24) is 0 Å². The lowest BCUT2D eigenvalue weighted by Gasteiger charge is -2.32. The van der Waals surface area contributed by atoms with Gasteiger partial charge in [-0.1, -0.05) is 97.1 Å². The molecule has 2 heterocycles. The first-order chi connectivity index (χ1) is 14.9. The Morgan fingerprint density at radius 3 is 2.17 bits per heavy atom. The highest BCUT2D eigenvalue weighted by Gasteiger charge is 2.36. The molecule has 0 saturated carbocycles. The molecule has 0 fully saturated rings. The van der Waals surface area contributed by atoms with Crippen LogP contribution in [-0.2, 0) is 9.14 Å². The number of fused-ring (bicyclic) bond motifs is 6. The minimum atomic E-state index is -0.531. The molecular formula is C24H17B3NO2. The molecular weight excluding hydrogens is 367 g/mol. The number of hydrogen-bond donors (Lipinski definition) is 1. The molecule has 3 nitrogen and oxygen atoms in total. The van der Waals surface area contributed by atoms with Crippen molar-refractivity contribution in [3.8, 4) is 22.3 Å². The molecule has 30 heavy (non-hydrogen) atoms. The zero-order valence-corrected chi connectivity index (χ0v) is 16.3. The van der Waals surface area contributed by atoms with Gasteiger partial charge in [0.15, 0.2) is 0 Å². The first-order valence-electron chi connectivity index (χ1n) is 10.2. The van der Waals surface area contributed by atoms with Gasteiger partial charge in [-0.3, -0.25) is 0 Å². The van der Waals surface area contributed by atoms with Crippen molar-refractivity contribution in [2.24, 2.45) is 0 Å². The van der Waals surface area contributed by atoms with Gasteiger partial charge in [0.1, 0.15) is 0 Å². The molecule has 6 rings (SSSR count). The van der Waals surface area contributed by atoms with Gasteiger partial charge in [0.25, 0.3) is 0 Å². The Labute approximate surface area is 177 Å². The van der Waals surface area contributed by atoms with Crippen LogP contribution < -0.4 is 21.6 Å². The molecule has 0 aromatic heterocycles. The molecule has 6 heteroatoms. The molecule has 139 valence electrons. The summed E-state index contributed by atoms with van der Waals surface area (Å²) in [6.45, 7) is 0. The van der Waals surface area contributed by atoms with Crippen LogP contribution in [0, 0.1) is 0 Å². The van der Waals surface area contributed by atoms with Crippen molar-refractivity contribution in [1.29, 1.82) is 0 Å². The van der Waals surface area contributed by atoms with Crippen LogP contribution >= 0.6 is 0 Å². The average molecular weight is 384 g/mol. The van der Waals surface area contributed by atoms with E-state index in [1.54, 1.807) is 0 Å². The maximum absolute atomic E-state index is 6.54. The van der Waals surface area contributed by atoms with Crippen molar-refractivity contribution < 1.29 is 9.14 Å². The number of nitrogens with one attached hydrogen (secondary N) is 1. The Kier molecular flexibility index (Phi) is 4.26. The summed E-state index contributed by atoms with van der Waals surface area (Å²) >= 11 is 0. The van der Waals surface area contributed by atoms with Gasteiger partial charge in [0.2, 0.25) is 0 Å². The highest BCUT2D eigenvalue weighted by Crippen LogP contribution is 2.39. The summed E-state index contributed by atoms with van der Waals surface area (Å²) in [5.41, 5.74) is 8.86. The third-order valence-corrected chi connectivity index (χ3v) is 5.77. The van der Waals surface area contributed by atoms with E-state index >= 15 is 0 Å². The van der Waals surface area contributed by atoms with E-state index < -0.39 is 7.12 Å². The van der Waals surface area contributed by atoms with Crippen molar-refractivity contribution in [2.45, 2.75) is 0 Å². The van der Waals surface area contributed by atoms with Gasteiger partial charge in [-0.25, -0.2) is 0 Å². The second-order valence-corrected chi connectivity index (χ2v) is 7.56. The number of para-hydroxylation sites is 1. The molecule has 0 atom stereocenters. The molecule has 0 spiro atoms. The maximum atomic E-state index is 6.54.